The van der Waals surface area contributed by atoms with Gasteiger partial charge in [0.2, 0.25) is 5.91 Å². The minimum Gasteiger partial charge on any atom is -0.369 e. The Morgan fingerprint density at radius 1 is 1.89 bits per heavy atom. The molecule has 1 heterocycles. The van der Waals surface area contributed by atoms with Gasteiger partial charge in [0.1, 0.15) is 13.3 Å². The molecule has 0 radical (unpaired) electrons. The second-order valence-corrected chi connectivity index (χ2v) is 1.93. The van der Waals surface area contributed by atoms with Crippen molar-refractivity contribution in [1.29, 1.82) is 0 Å². The molecule has 1 atom stereocenters. The van der Waals surface area contributed by atoms with Gasteiger partial charge in [-0.05, 0) is 0 Å². The summed E-state index contributed by atoms with van der Waals surface area (Å²) < 4.78 is 16.5. The molecule has 3 nitrogen and oxygen atoms in total. The Bertz CT molecular complexity index is 118. The van der Waals surface area contributed by atoms with Gasteiger partial charge in [-0.2, -0.15) is 0 Å². The first-order valence-corrected chi connectivity index (χ1v) is 2.76. The fourth-order valence-electron chi connectivity index (χ4n) is 0.688. The van der Waals surface area contributed by atoms with E-state index in [1.807, 2.05) is 0 Å². The Morgan fingerprint density at radius 3 is 3.11 bits per heavy atom. The molecule has 1 aliphatic heterocycles. The normalized spacial score (nSPS) is 27.7. The Hall–Kier alpha value is -0.640. The van der Waals surface area contributed by atoms with E-state index in [0.29, 0.717) is 6.61 Å². The van der Waals surface area contributed by atoms with Crippen LogP contribution in [0.3, 0.4) is 0 Å². The minimum atomic E-state index is -0.550. The maximum absolute atomic E-state index is 11.8. The quantitative estimate of drug-likeness (QED) is 0.522. The molecule has 52 valence electrons. The van der Waals surface area contributed by atoms with Crippen molar-refractivity contribution in [3.63, 3.8) is 0 Å². The Labute approximate surface area is 52.2 Å². The highest BCUT2D eigenvalue weighted by Crippen LogP contribution is 1.93. The summed E-state index contributed by atoms with van der Waals surface area (Å²) in [5, 5.41) is 2.43. The molecule has 1 saturated heterocycles. The first-order chi connectivity index (χ1) is 4.33. The smallest absolute Gasteiger partial charge is 0.246 e. The summed E-state index contributed by atoms with van der Waals surface area (Å²) in [5.74, 6) is -0.232. The maximum Gasteiger partial charge on any atom is 0.246 e. The largest absolute Gasteiger partial charge is 0.369 e. The first-order valence-electron chi connectivity index (χ1n) is 2.76. The van der Waals surface area contributed by atoms with Crippen LogP contribution >= 0.6 is 0 Å². The van der Waals surface area contributed by atoms with Gasteiger partial charge in [0.15, 0.2) is 0 Å². The van der Waals surface area contributed by atoms with E-state index in [-0.39, 0.29) is 12.5 Å². The SMILES string of the molecule is O=C1COCC(CF)N1. The number of carbonyl (C=O) groups excluding carboxylic acids is 1. The summed E-state index contributed by atoms with van der Waals surface area (Å²) in [6, 6.07) is -0.425. The second kappa shape index (κ2) is 2.77. The fourth-order valence-corrected chi connectivity index (χ4v) is 0.688. The predicted molar refractivity (Wildman–Crippen MR) is 28.7 cm³/mol. The van der Waals surface area contributed by atoms with Gasteiger partial charge in [0.25, 0.3) is 0 Å². The van der Waals surface area contributed by atoms with Crippen LogP contribution in [-0.4, -0.2) is 31.8 Å². The van der Waals surface area contributed by atoms with Crippen LogP contribution in [0.1, 0.15) is 0 Å². The van der Waals surface area contributed by atoms with E-state index in [4.69, 9.17) is 4.74 Å². The molecule has 1 fully saturated rings. The molecule has 1 rings (SSSR count). The van der Waals surface area contributed by atoms with Gasteiger partial charge < -0.3 is 10.1 Å². The number of hydrogen-bond donors (Lipinski definition) is 1. The molecule has 4 heteroatoms. The van der Waals surface area contributed by atoms with E-state index >= 15 is 0 Å². The third kappa shape index (κ3) is 1.64. The van der Waals surface area contributed by atoms with Crippen LogP contribution in [0.25, 0.3) is 0 Å². The monoisotopic (exact) mass is 133 g/mol. The topological polar surface area (TPSA) is 38.3 Å². The minimum absolute atomic E-state index is 0.0660. The van der Waals surface area contributed by atoms with Crippen LogP contribution in [0.5, 0.6) is 0 Å². The molecule has 1 aliphatic rings. The summed E-state index contributed by atoms with van der Waals surface area (Å²) >= 11 is 0. The van der Waals surface area contributed by atoms with Crippen molar-refractivity contribution in [3.8, 4) is 0 Å². The summed E-state index contributed by atoms with van der Waals surface area (Å²) in [6.45, 7) is -0.190. The lowest BCUT2D eigenvalue weighted by molar-refractivity contribution is -0.131. The Kier molecular flexibility index (Phi) is 2.00. The van der Waals surface area contributed by atoms with Crippen molar-refractivity contribution in [1.82, 2.24) is 5.32 Å². The lowest BCUT2D eigenvalue weighted by Crippen LogP contribution is -2.46. The first kappa shape index (κ1) is 6.48. The van der Waals surface area contributed by atoms with E-state index in [1.165, 1.54) is 0 Å². The predicted octanol–water partition coefficient (Wildman–Crippen LogP) is -0.529. The van der Waals surface area contributed by atoms with Gasteiger partial charge in [-0.15, -0.1) is 0 Å². The van der Waals surface area contributed by atoms with Crippen LogP contribution in [-0.2, 0) is 9.53 Å². The van der Waals surface area contributed by atoms with Crippen molar-refractivity contribution in [2.75, 3.05) is 19.9 Å². The molecule has 9 heavy (non-hydrogen) atoms. The third-order valence-electron chi connectivity index (χ3n) is 1.10. The van der Waals surface area contributed by atoms with E-state index in [1.54, 1.807) is 0 Å². The number of nitrogens with one attached hydrogen (secondary N) is 1. The van der Waals surface area contributed by atoms with Gasteiger partial charge in [0, 0.05) is 0 Å². The number of amides is 1. The average Bonchev–Trinajstić information content (AvgIpc) is 1.88. The van der Waals surface area contributed by atoms with Crippen molar-refractivity contribution in [3.05, 3.63) is 0 Å². The Balaban J connectivity index is 2.32. The van der Waals surface area contributed by atoms with Crippen molar-refractivity contribution in [2.24, 2.45) is 0 Å². The van der Waals surface area contributed by atoms with Gasteiger partial charge >= 0.3 is 0 Å². The Morgan fingerprint density at radius 2 is 2.67 bits per heavy atom. The van der Waals surface area contributed by atoms with E-state index in [9.17, 15) is 9.18 Å². The van der Waals surface area contributed by atoms with E-state index < -0.39 is 12.7 Å². The van der Waals surface area contributed by atoms with Crippen molar-refractivity contribution >= 4 is 5.91 Å². The van der Waals surface area contributed by atoms with Crippen LogP contribution in [0.15, 0.2) is 0 Å². The van der Waals surface area contributed by atoms with Crippen molar-refractivity contribution < 1.29 is 13.9 Å². The number of ether oxygens (including phenoxy) is 1. The molecular formula is C5H8FNO2. The van der Waals surface area contributed by atoms with Crippen LogP contribution < -0.4 is 5.32 Å². The van der Waals surface area contributed by atoms with E-state index in [2.05, 4.69) is 5.32 Å². The number of halogens is 1. The second-order valence-electron chi connectivity index (χ2n) is 1.93. The lowest BCUT2D eigenvalue weighted by atomic mass is 10.3. The molecule has 0 saturated carbocycles. The maximum atomic E-state index is 11.8. The fraction of sp³-hybridized carbons (Fsp3) is 0.800. The number of carbonyl (C=O) groups is 1. The molecule has 1 unspecified atom stereocenters. The van der Waals surface area contributed by atoms with Crippen LogP contribution in [0.4, 0.5) is 4.39 Å². The summed E-state index contributed by atoms with van der Waals surface area (Å²) in [6.07, 6.45) is 0. The van der Waals surface area contributed by atoms with Gasteiger partial charge in [-0.25, -0.2) is 4.39 Å². The molecule has 0 aromatic rings. The lowest BCUT2D eigenvalue weighted by Gasteiger charge is -2.20. The highest BCUT2D eigenvalue weighted by molar-refractivity contribution is 5.78. The molecule has 0 aromatic heterocycles. The van der Waals surface area contributed by atoms with Crippen molar-refractivity contribution in [2.45, 2.75) is 6.04 Å². The zero-order valence-corrected chi connectivity index (χ0v) is 4.89. The average molecular weight is 133 g/mol. The van der Waals surface area contributed by atoms with Crippen LogP contribution in [0, 0.1) is 0 Å². The third-order valence-corrected chi connectivity index (χ3v) is 1.10. The highest BCUT2D eigenvalue weighted by atomic mass is 19.1. The molecular weight excluding hydrogens is 125 g/mol. The van der Waals surface area contributed by atoms with Gasteiger partial charge in [-0.1, -0.05) is 0 Å². The summed E-state index contributed by atoms with van der Waals surface area (Å²) in [7, 11) is 0. The van der Waals surface area contributed by atoms with Gasteiger partial charge in [0.05, 0.1) is 12.6 Å². The molecule has 0 bridgehead atoms. The number of hydrogen-bond acceptors (Lipinski definition) is 2. The van der Waals surface area contributed by atoms with Gasteiger partial charge in [-0.3, -0.25) is 4.79 Å². The number of alkyl halides is 1. The highest BCUT2D eigenvalue weighted by Gasteiger charge is 2.17. The van der Waals surface area contributed by atoms with E-state index in [0.717, 1.165) is 0 Å². The summed E-state index contributed by atoms with van der Waals surface area (Å²) in [4.78, 5) is 10.4. The number of rotatable bonds is 1. The zero-order valence-electron chi connectivity index (χ0n) is 4.89. The standard InChI is InChI=1S/C5H8FNO2/c6-1-4-2-9-3-5(8)7-4/h4H,1-3H2,(H,7,8). The van der Waals surface area contributed by atoms with Crippen LogP contribution in [0.2, 0.25) is 0 Å². The molecule has 0 aliphatic carbocycles. The molecule has 0 spiro atoms. The zero-order chi connectivity index (χ0) is 6.69. The number of morpholine rings is 1. The molecule has 1 N–H and O–H groups in total. The molecule has 1 amide bonds. The molecule has 0 aromatic carbocycles. The summed E-state index contributed by atoms with van der Waals surface area (Å²) in [5.41, 5.74) is 0.